The van der Waals surface area contributed by atoms with Gasteiger partial charge < -0.3 is 18.9 Å². The molecular weight excluding hydrogens is 468 g/mol. The zero-order valence-corrected chi connectivity index (χ0v) is 21.6. The van der Waals surface area contributed by atoms with Crippen LogP contribution in [0, 0.1) is 0 Å². The van der Waals surface area contributed by atoms with Crippen LogP contribution in [0.5, 0.6) is 0 Å². The van der Waals surface area contributed by atoms with Crippen LogP contribution in [0.25, 0.3) is 28.1 Å². The van der Waals surface area contributed by atoms with Gasteiger partial charge in [0.25, 0.3) is 0 Å². The van der Waals surface area contributed by atoms with Crippen LogP contribution in [0.2, 0.25) is 0 Å². The predicted octanol–water partition coefficient (Wildman–Crippen LogP) is 2.51. The summed E-state index contributed by atoms with van der Waals surface area (Å²) in [5.74, 6) is 3.54. The van der Waals surface area contributed by atoms with Crippen molar-refractivity contribution in [2.24, 2.45) is 7.05 Å². The van der Waals surface area contributed by atoms with Crippen LogP contribution in [-0.2, 0) is 29.4 Å². The van der Waals surface area contributed by atoms with Crippen LogP contribution in [0.3, 0.4) is 0 Å². The van der Waals surface area contributed by atoms with Crippen molar-refractivity contribution >= 4 is 28.0 Å². The van der Waals surface area contributed by atoms with E-state index in [0.717, 1.165) is 85.4 Å². The lowest BCUT2D eigenvalue weighted by Gasteiger charge is -2.34. The summed E-state index contributed by atoms with van der Waals surface area (Å²) in [6.45, 7) is 7.79. The smallest absolute Gasteiger partial charge is 0.239 e. The topological polar surface area (TPSA) is 86.4 Å². The molecule has 194 valence electrons. The Bertz CT molecular complexity index is 1420. The summed E-state index contributed by atoms with van der Waals surface area (Å²) in [4.78, 5) is 25.2. The molecule has 1 aromatic carbocycles. The fourth-order valence-corrected chi connectivity index (χ4v) is 6.24. The molecular formula is C27H34N8O2. The third-order valence-electron chi connectivity index (χ3n) is 8.22. The third kappa shape index (κ3) is 3.89. The number of imidazole rings is 2. The first-order valence-corrected chi connectivity index (χ1v) is 13.6. The number of ether oxygens (including phenoxy) is 2. The highest BCUT2D eigenvalue weighted by Crippen LogP contribution is 2.31. The number of morpholine rings is 2. The summed E-state index contributed by atoms with van der Waals surface area (Å²) < 4.78 is 15.7. The number of anilines is 1. The van der Waals surface area contributed by atoms with E-state index in [1.165, 1.54) is 12.8 Å². The van der Waals surface area contributed by atoms with Gasteiger partial charge in [-0.25, -0.2) is 9.97 Å². The average molecular weight is 503 g/mol. The van der Waals surface area contributed by atoms with Gasteiger partial charge in [0.05, 0.1) is 37.5 Å². The van der Waals surface area contributed by atoms with Crippen molar-refractivity contribution in [1.29, 1.82) is 0 Å². The molecule has 4 aromatic rings. The van der Waals surface area contributed by atoms with Crippen LogP contribution >= 0.6 is 0 Å². The first-order valence-electron chi connectivity index (χ1n) is 13.6. The van der Waals surface area contributed by atoms with Crippen molar-refractivity contribution in [3.63, 3.8) is 0 Å². The summed E-state index contributed by atoms with van der Waals surface area (Å²) in [5.41, 5.74) is 3.72. The minimum atomic E-state index is 0.547. The maximum Gasteiger partial charge on any atom is 0.239 e. The van der Waals surface area contributed by atoms with Gasteiger partial charge in [-0.2, -0.15) is 9.97 Å². The maximum absolute atomic E-state index is 5.79. The Morgan fingerprint density at radius 2 is 1.70 bits per heavy atom. The quantitative estimate of drug-likeness (QED) is 0.398. The summed E-state index contributed by atoms with van der Waals surface area (Å²) in [5, 5.41) is 0. The van der Waals surface area contributed by atoms with Crippen LogP contribution in [0.4, 0.5) is 5.82 Å². The van der Waals surface area contributed by atoms with E-state index in [0.29, 0.717) is 31.2 Å². The number of aryl methyl sites for hydroxylation is 2. The second-order valence-corrected chi connectivity index (χ2v) is 10.3. The van der Waals surface area contributed by atoms with Crippen molar-refractivity contribution in [2.45, 2.75) is 44.7 Å². The zero-order valence-electron chi connectivity index (χ0n) is 21.6. The third-order valence-corrected chi connectivity index (χ3v) is 8.22. The van der Waals surface area contributed by atoms with Gasteiger partial charge in [0.2, 0.25) is 5.95 Å². The highest BCUT2D eigenvalue weighted by molar-refractivity contribution is 5.86. The molecule has 0 N–H and O–H groups in total. The highest BCUT2D eigenvalue weighted by atomic mass is 16.5. The molecule has 10 nitrogen and oxygen atoms in total. The van der Waals surface area contributed by atoms with E-state index in [-0.39, 0.29) is 0 Å². The van der Waals surface area contributed by atoms with Gasteiger partial charge in [-0.1, -0.05) is 19.1 Å². The Labute approximate surface area is 216 Å². The molecule has 3 aromatic heterocycles. The second-order valence-electron chi connectivity index (χ2n) is 10.3. The molecule has 0 saturated carbocycles. The number of hydrogen-bond donors (Lipinski definition) is 0. The van der Waals surface area contributed by atoms with Crippen molar-refractivity contribution in [2.75, 3.05) is 51.0 Å². The minimum absolute atomic E-state index is 0.547. The fourth-order valence-electron chi connectivity index (χ4n) is 6.24. The van der Waals surface area contributed by atoms with Crippen molar-refractivity contribution in [1.82, 2.24) is 34.0 Å². The molecule has 37 heavy (non-hydrogen) atoms. The van der Waals surface area contributed by atoms with Crippen molar-refractivity contribution in [3.8, 4) is 5.95 Å². The number of aromatic nitrogens is 6. The molecule has 3 saturated heterocycles. The molecule has 2 atom stereocenters. The van der Waals surface area contributed by atoms with Gasteiger partial charge in [0, 0.05) is 51.6 Å². The first kappa shape index (κ1) is 23.1. The number of nitrogens with zero attached hydrogens (tertiary/aromatic N) is 8. The Kier molecular flexibility index (Phi) is 5.82. The van der Waals surface area contributed by atoms with Gasteiger partial charge in [-0.05, 0) is 25.0 Å². The normalized spacial score (nSPS) is 22.5. The fraction of sp³-hybridized carbons (Fsp3) is 0.556. The van der Waals surface area contributed by atoms with Gasteiger partial charge in [0.1, 0.15) is 11.6 Å². The highest BCUT2D eigenvalue weighted by Gasteiger charge is 2.37. The zero-order chi connectivity index (χ0) is 24.9. The molecule has 0 aliphatic carbocycles. The molecule has 10 heteroatoms. The predicted molar refractivity (Wildman–Crippen MR) is 141 cm³/mol. The molecule has 0 radical (unpaired) electrons. The lowest BCUT2D eigenvalue weighted by molar-refractivity contribution is -0.0140. The van der Waals surface area contributed by atoms with E-state index in [2.05, 4.69) is 39.0 Å². The standard InChI is InChI=1S/C27H34N8O2/c1-3-22-28-20-6-4-5-7-21(20)35(22)27-30-25-24(26(31-27)33-12-14-36-15-13-33)29-23(32(25)2)10-11-34-18-8-9-19(34)17-37-16-18/h4-7,18-19H,3,8-17H2,1-2H3. The van der Waals surface area contributed by atoms with Crippen LogP contribution in [-0.4, -0.2) is 92.1 Å². The molecule has 0 amide bonds. The summed E-state index contributed by atoms with van der Waals surface area (Å²) in [7, 11) is 2.09. The number of hydrogen-bond acceptors (Lipinski definition) is 8. The molecule has 3 fully saturated rings. The SMILES string of the molecule is CCc1nc2ccccc2n1-c1nc(N2CCOCC2)c2nc(CCN3C4CCC3COC4)n(C)c2n1. The monoisotopic (exact) mass is 502 g/mol. The Balaban J connectivity index is 1.32. The van der Waals surface area contributed by atoms with E-state index < -0.39 is 0 Å². The Morgan fingerprint density at radius 1 is 0.919 bits per heavy atom. The largest absolute Gasteiger partial charge is 0.378 e. The van der Waals surface area contributed by atoms with Crippen LogP contribution in [0.1, 0.15) is 31.4 Å². The van der Waals surface area contributed by atoms with Gasteiger partial charge in [0.15, 0.2) is 17.0 Å². The van der Waals surface area contributed by atoms with Crippen LogP contribution in [0.15, 0.2) is 24.3 Å². The Hall–Kier alpha value is -3.08. The summed E-state index contributed by atoms with van der Waals surface area (Å²) in [6.07, 6.45) is 4.15. The number of rotatable bonds is 6. The number of para-hydroxylation sites is 2. The van der Waals surface area contributed by atoms with E-state index >= 15 is 0 Å². The van der Waals surface area contributed by atoms with E-state index in [9.17, 15) is 0 Å². The van der Waals surface area contributed by atoms with Gasteiger partial charge in [-0.15, -0.1) is 0 Å². The van der Waals surface area contributed by atoms with Gasteiger partial charge >= 0.3 is 0 Å². The molecule has 2 bridgehead atoms. The summed E-state index contributed by atoms with van der Waals surface area (Å²) >= 11 is 0. The van der Waals surface area contributed by atoms with E-state index in [1.807, 2.05) is 18.2 Å². The van der Waals surface area contributed by atoms with Crippen LogP contribution < -0.4 is 4.90 Å². The average Bonchev–Trinajstić information content (AvgIpc) is 3.54. The molecule has 0 spiro atoms. The minimum Gasteiger partial charge on any atom is -0.378 e. The number of fused-ring (bicyclic) bond motifs is 4. The number of benzene rings is 1. The van der Waals surface area contributed by atoms with E-state index in [1.54, 1.807) is 0 Å². The molecule has 3 aliphatic rings. The lowest BCUT2D eigenvalue weighted by Crippen LogP contribution is -2.46. The summed E-state index contributed by atoms with van der Waals surface area (Å²) in [6, 6.07) is 9.30. The van der Waals surface area contributed by atoms with Gasteiger partial charge in [-0.3, -0.25) is 9.47 Å². The molecule has 2 unspecified atom stereocenters. The maximum atomic E-state index is 5.79. The Morgan fingerprint density at radius 3 is 2.49 bits per heavy atom. The van der Waals surface area contributed by atoms with Crippen molar-refractivity contribution in [3.05, 3.63) is 35.9 Å². The van der Waals surface area contributed by atoms with E-state index in [4.69, 9.17) is 29.4 Å². The lowest BCUT2D eigenvalue weighted by atomic mass is 10.2. The molecule has 7 rings (SSSR count). The second kappa shape index (κ2) is 9.34. The molecule has 6 heterocycles. The molecule has 3 aliphatic heterocycles. The first-order chi connectivity index (χ1) is 18.2. The van der Waals surface area contributed by atoms with Crippen molar-refractivity contribution < 1.29 is 9.47 Å².